The highest BCUT2D eigenvalue weighted by Gasteiger charge is 2.06. The van der Waals surface area contributed by atoms with E-state index in [1.54, 1.807) is 0 Å². The molecular formula is C18H23NO2. The average Bonchev–Trinajstić information content (AvgIpc) is 2.50. The van der Waals surface area contributed by atoms with E-state index in [-0.39, 0.29) is 0 Å². The summed E-state index contributed by atoms with van der Waals surface area (Å²) >= 11 is 0. The Kier molecular flexibility index (Phi) is 5.09. The maximum Gasteiger partial charge on any atom is 0.123 e. The molecule has 3 heteroatoms. The van der Waals surface area contributed by atoms with E-state index in [2.05, 4.69) is 18.3 Å². The summed E-state index contributed by atoms with van der Waals surface area (Å²) in [5.74, 6) is 1.26. The molecule has 0 bridgehead atoms. The fraction of sp³-hybridized carbons (Fsp3) is 0.333. The molecule has 3 nitrogen and oxygen atoms in total. The fourth-order valence-electron chi connectivity index (χ4n) is 2.19. The third-order valence-electron chi connectivity index (χ3n) is 3.49. The molecule has 0 atom stereocenters. The van der Waals surface area contributed by atoms with Crippen LogP contribution < -0.4 is 10.1 Å². The molecule has 21 heavy (non-hydrogen) atoms. The third-order valence-corrected chi connectivity index (χ3v) is 3.49. The fourth-order valence-corrected chi connectivity index (χ4v) is 2.19. The van der Waals surface area contributed by atoms with E-state index in [4.69, 9.17) is 4.74 Å². The number of benzene rings is 2. The molecule has 2 N–H and O–H groups in total. The summed E-state index contributed by atoms with van der Waals surface area (Å²) in [7, 11) is 0. The summed E-state index contributed by atoms with van der Waals surface area (Å²) in [5.41, 5.74) is 3.89. The maximum atomic E-state index is 9.97. The molecule has 0 unspecified atom stereocenters. The van der Waals surface area contributed by atoms with Crippen molar-refractivity contribution < 1.29 is 9.84 Å². The van der Waals surface area contributed by atoms with Gasteiger partial charge in [0.25, 0.3) is 0 Å². The minimum atomic E-state index is 0.361. The minimum Gasteiger partial charge on any atom is -0.507 e. The zero-order valence-corrected chi connectivity index (χ0v) is 12.9. The summed E-state index contributed by atoms with van der Waals surface area (Å²) in [6.07, 6.45) is 1.00. The van der Waals surface area contributed by atoms with Gasteiger partial charge in [0.2, 0.25) is 0 Å². The van der Waals surface area contributed by atoms with Gasteiger partial charge in [-0.25, -0.2) is 0 Å². The lowest BCUT2D eigenvalue weighted by atomic mass is 10.1. The van der Waals surface area contributed by atoms with Crippen molar-refractivity contribution in [3.05, 3.63) is 53.1 Å². The lowest BCUT2D eigenvalue weighted by Crippen LogP contribution is -2.02. The number of hydrogen-bond acceptors (Lipinski definition) is 3. The number of phenolic OH excluding ortho intramolecular Hbond substituents is 1. The third kappa shape index (κ3) is 3.91. The van der Waals surface area contributed by atoms with Crippen LogP contribution in [0.1, 0.15) is 30.0 Å². The molecule has 0 fully saturated rings. The quantitative estimate of drug-likeness (QED) is 0.826. The van der Waals surface area contributed by atoms with E-state index in [9.17, 15) is 5.11 Å². The lowest BCUT2D eigenvalue weighted by molar-refractivity contribution is 0.317. The topological polar surface area (TPSA) is 41.5 Å². The molecular weight excluding hydrogens is 262 g/mol. The molecule has 2 rings (SSSR count). The molecule has 0 heterocycles. The van der Waals surface area contributed by atoms with Crippen LogP contribution in [0.15, 0.2) is 36.4 Å². The Hall–Kier alpha value is -2.16. The number of aromatic hydroxyl groups is 1. The van der Waals surface area contributed by atoms with Crippen LogP contribution in [0.25, 0.3) is 0 Å². The molecule has 2 aromatic carbocycles. The number of phenols is 1. The summed E-state index contributed by atoms with van der Waals surface area (Å²) in [5, 5.41) is 13.3. The first kappa shape index (κ1) is 15.2. The summed E-state index contributed by atoms with van der Waals surface area (Å²) in [6, 6.07) is 12.0. The predicted molar refractivity (Wildman–Crippen MR) is 87.1 cm³/mol. The van der Waals surface area contributed by atoms with Crippen molar-refractivity contribution in [3.63, 3.8) is 0 Å². The normalized spacial score (nSPS) is 10.4. The molecule has 0 aliphatic carbocycles. The smallest absolute Gasteiger partial charge is 0.123 e. The number of anilines is 1. The van der Waals surface area contributed by atoms with Gasteiger partial charge in [0, 0.05) is 17.8 Å². The van der Waals surface area contributed by atoms with Crippen LogP contribution in [-0.2, 0) is 6.54 Å². The molecule has 0 saturated heterocycles. The Morgan fingerprint density at radius 3 is 2.71 bits per heavy atom. The predicted octanol–water partition coefficient (Wildman–Crippen LogP) is 4.41. The zero-order chi connectivity index (χ0) is 15.2. The van der Waals surface area contributed by atoms with Crippen LogP contribution >= 0.6 is 0 Å². The molecule has 0 spiro atoms. The second-order valence-electron chi connectivity index (χ2n) is 5.25. The Balaban J connectivity index is 2.04. The SMILES string of the molecule is CCCOc1cccc(CNc2ccc(C)c(O)c2C)c1. The van der Waals surface area contributed by atoms with Crippen molar-refractivity contribution in [2.75, 3.05) is 11.9 Å². The van der Waals surface area contributed by atoms with E-state index in [1.165, 1.54) is 0 Å². The van der Waals surface area contributed by atoms with Crippen LogP contribution in [0.5, 0.6) is 11.5 Å². The van der Waals surface area contributed by atoms with Gasteiger partial charge in [0.15, 0.2) is 0 Å². The van der Waals surface area contributed by atoms with Gasteiger partial charge >= 0.3 is 0 Å². The van der Waals surface area contributed by atoms with Crippen LogP contribution in [0, 0.1) is 13.8 Å². The summed E-state index contributed by atoms with van der Waals surface area (Å²) in [4.78, 5) is 0. The van der Waals surface area contributed by atoms with Crippen LogP contribution in [0.4, 0.5) is 5.69 Å². The van der Waals surface area contributed by atoms with Gasteiger partial charge in [0.05, 0.1) is 6.61 Å². The van der Waals surface area contributed by atoms with E-state index in [0.29, 0.717) is 12.3 Å². The maximum absolute atomic E-state index is 9.97. The highest BCUT2D eigenvalue weighted by molar-refractivity contribution is 5.59. The molecule has 0 aromatic heterocycles. The number of hydrogen-bond donors (Lipinski definition) is 2. The van der Waals surface area contributed by atoms with Crippen molar-refractivity contribution in [1.82, 2.24) is 0 Å². The van der Waals surface area contributed by atoms with E-state index in [1.807, 2.05) is 44.2 Å². The van der Waals surface area contributed by atoms with Gasteiger partial charge in [0.1, 0.15) is 11.5 Å². The van der Waals surface area contributed by atoms with Crippen molar-refractivity contribution in [2.45, 2.75) is 33.7 Å². The first-order valence-electron chi connectivity index (χ1n) is 7.36. The number of ether oxygens (including phenoxy) is 1. The van der Waals surface area contributed by atoms with Gasteiger partial charge in [-0.05, 0) is 49.6 Å². The molecule has 2 aromatic rings. The standard InChI is InChI=1S/C18H23NO2/c1-4-10-21-16-7-5-6-15(11-16)12-19-17-9-8-13(2)18(20)14(17)3/h5-9,11,19-20H,4,10,12H2,1-3H3. The second kappa shape index (κ2) is 7.02. The van der Waals surface area contributed by atoms with Crippen LogP contribution in [-0.4, -0.2) is 11.7 Å². The Bertz CT molecular complexity index is 608. The van der Waals surface area contributed by atoms with Gasteiger partial charge in [-0.15, -0.1) is 0 Å². The average molecular weight is 285 g/mol. The number of nitrogens with one attached hydrogen (secondary N) is 1. The van der Waals surface area contributed by atoms with Gasteiger partial charge in [-0.2, -0.15) is 0 Å². The van der Waals surface area contributed by atoms with Crippen molar-refractivity contribution in [3.8, 4) is 11.5 Å². The van der Waals surface area contributed by atoms with Crippen molar-refractivity contribution in [1.29, 1.82) is 0 Å². The van der Waals surface area contributed by atoms with Crippen LogP contribution in [0.2, 0.25) is 0 Å². The Labute approximate surface area is 126 Å². The Morgan fingerprint density at radius 2 is 1.95 bits per heavy atom. The molecule has 0 radical (unpaired) electrons. The molecule has 0 saturated carbocycles. The monoisotopic (exact) mass is 285 g/mol. The largest absolute Gasteiger partial charge is 0.507 e. The lowest BCUT2D eigenvalue weighted by Gasteiger charge is -2.13. The zero-order valence-electron chi connectivity index (χ0n) is 12.9. The first-order chi connectivity index (χ1) is 10.1. The Morgan fingerprint density at radius 1 is 1.14 bits per heavy atom. The van der Waals surface area contributed by atoms with Crippen molar-refractivity contribution in [2.24, 2.45) is 0 Å². The van der Waals surface area contributed by atoms with E-state index >= 15 is 0 Å². The molecule has 0 amide bonds. The first-order valence-corrected chi connectivity index (χ1v) is 7.36. The highest BCUT2D eigenvalue weighted by Crippen LogP contribution is 2.28. The minimum absolute atomic E-state index is 0.361. The summed E-state index contributed by atoms with van der Waals surface area (Å²) < 4.78 is 5.64. The van der Waals surface area contributed by atoms with Gasteiger partial charge in [-0.3, -0.25) is 0 Å². The summed E-state index contributed by atoms with van der Waals surface area (Å²) in [6.45, 7) is 7.36. The number of aryl methyl sites for hydroxylation is 1. The molecule has 112 valence electrons. The van der Waals surface area contributed by atoms with Crippen LogP contribution in [0.3, 0.4) is 0 Å². The second-order valence-corrected chi connectivity index (χ2v) is 5.25. The van der Waals surface area contributed by atoms with Gasteiger partial charge in [-0.1, -0.05) is 25.1 Å². The van der Waals surface area contributed by atoms with E-state index < -0.39 is 0 Å². The number of rotatable bonds is 6. The van der Waals surface area contributed by atoms with Gasteiger partial charge < -0.3 is 15.2 Å². The van der Waals surface area contributed by atoms with Crippen molar-refractivity contribution >= 4 is 5.69 Å². The highest BCUT2D eigenvalue weighted by atomic mass is 16.5. The van der Waals surface area contributed by atoms with E-state index in [0.717, 1.165) is 41.2 Å². The molecule has 0 aliphatic heterocycles. The molecule has 0 aliphatic rings.